The van der Waals surface area contributed by atoms with Gasteiger partial charge in [0.25, 0.3) is 0 Å². The topological polar surface area (TPSA) is 17.1 Å². The number of carbonyl (C=O) groups excluding carboxylic acids is 1. The van der Waals surface area contributed by atoms with Crippen molar-refractivity contribution in [2.24, 2.45) is 0 Å². The van der Waals surface area contributed by atoms with E-state index in [4.69, 9.17) is 23.2 Å². The summed E-state index contributed by atoms with van der Waals surface area (Å²) in [5.41, 5.74) is 2.04. The van der Waals surface area contributed by atoms with E-state index >= 15 is 0 Å². The van der Waals surface area contributed by atoms with E-state index in [0.29, 0.717) is 21.2 Å². The minimum atomic E-state index is 0.543. The van der Waals surface area contributed by atoms with E-state index in [-0.39, 0.29) is 0 Å². The number of halogens is 2. The fraction of sp³-hybridized carbons (Fsp3) is 0. The number of hydrogen-bond acceptors (Lipinski definition) is 1. The van der Waals surface area contributed by atoms with E-state index in [2.05, 4.69) is 0 Å². The van der Waals surface area contributed by atoms with Crippen molar-refractivity contribution in [2.45, 2.75) is 0 Å². The zero-order chi connectivity index (χ0) is 11.5. The summed E-state index contributed by atoms with van der Waals surface area (Å²) in [5.74, 6) is 0. The summed E-state index contributed by atoms with van der Waals surface area (Å²) in [7, 11) is 0. The minimum absolute atomic E-state index is 0.543. The van der Waals surface area contributed by atoms with Crippen LogP contribution in [0, 0.1) is 0 Å². The molecule has 0 atom stereocenters. The van der Waals surface area contributed by atoms with Gasteiger partial charge in [0.05, 0.1) is 0 Å². The van der Waals surface area contributed by atoms with Gasteiger partial charge in [-0.1, -0.05) is 53.5 Å². The van der Waals surface area contributed by atoms with Gasteiger partial charge in [-0.05, 0) is 17.7 Å². The average molecular weight is 251 g/mol. The monoisotopic (exact) mass is 250 g/mol. The molecule has 2 aromatic carbocycles. The first kappa shape index (κ1) is 11.2. The van der Waals surface area contributed by atoms with Gasteiger partial charge in [-0.15, -0.1) is 0 Å². The first-order chi connectivity index (χ1) is 7.74. The number of aldehydes is 1. The van der Waals surface area contributed by atoms with Crippen molar-refractivity contribution in [3.63, 3.8) is 0 Å². The molecule has 0 saturated carbocycles. The van der Waals surface area contributed by atoms with E-state index in [1.807, 2.05) is 12.1 Å². The number of rotatable bonds is 2. The molecule has 0 aliphatic heterocycles. The average Bonchev–Trinajstić information content (AvgIpc) is 2.29. The zero-order valence-corrected chi connectivity index (χ0v) is 9.79. The lowest BCUT2D eigenvalue weighted by Crippen LogP contribution is -1.88. The third-order valence-electron chi connectivity index (χ3n) is 2.32. The van der Waals surface area contributed by atoms with Crippen molar-refractivity contribution >= 4 is 29.5 Å². The number of hydrogen-bond donors (Lipinski definition) is 0. The molecule has 0 bridgehead atoms. The lowest BCUT2D eigenvalue weighted by atomic mass is 10.0. The molecular weight excluding hydrogens is 243 g/mol. The van der Waals surface area contributed by atoms with Gasteiger partial charge in [-0.2, -0.15) is 0 Å². The Labute approximate surface area is 104 Å². The van der Waals surface area contributed by atoms with Gasteiger partial charge in [0.1, 0.15) is 0 Å². The normalized spacial score (nSPS) is 10.1. The molecule has 3 heteroatoms. The summed E-state index contributed by atoms with van der Waals surface area (Å²) in [6.45, 7) is 0. The van der Waals surface area contributed by atoms with Crippen molar-refractivity contribution in [3.05, 3.63) is 58.1 Å². The Balaban J connectivity index is 2.72. The molecule has 0 aliphatic rings. The molecule has 0 aliphatic carbocycles. The van der Waals surface area contributed by atoms with Crippen LogP contribution in [0.15, 0.2) is 42.5 Å². The van der Waals surface area contributed by atoms with Crippen molar-refractivity contribution in [2.75, 3.05) is 0 Å². The molecule has 0 aromatic heterocycles. The van der Waals surface area contributed by atoms with Crippen LogP contribution in [0.4, 0.5) is 0 Å². The molecule has 80 valence electrons. The fourth-order valence-corrected chi connectivity index (χ4v) is 2.18. The summed E-state index contributed by atoms with van der Waals surface area (Å²) < 4.78 is 0. The lowest BCUT2D eigenvalue weighted by Gasteiger charge is -2.08. The van der Waals surface area contributed by atoms with Crippen LogP contribution in [-0.4, -0.2) is 6.29 Å². The Kier molecular flexibility index (Phi) is 3.28. The second kappa shape index (κ2) is 4.69. The Bertz CT molecular complexity index is 515. The smallest absolute Gasteiger partial charge is 0.150 e. The minimum Gasteiger partial charge on any atom is -0.298 e. The third kappa shape index (κ3) is 1.97. The highest BCUT2D eigenvalue weighted by molar-refractivity contribution is 6.39. The maximum absolute atomic E-state index is 10.9. The fourth-order valence-electron chi connectivity index (χ4n) is 1.58. The van der Waals surface area contributed by atoms with E-state index in [9.17, 15) is 4.79 Å². The van der Waals surface area contributed by atoms with Crippen LogP contribution in [0.2, 0.25) is 10.0 Å². The Morgan fingerprint density at radius 3 is 2.12 bits per heavy atom. The van der Waals surface area contributed by atoms with Gasteiger partial charge in [-0.25, -0.2) is 0 Å². The molecule has 0 unspecified atom stereocenters. The molecule has 0 fully saturated rings. The highest BCUT2D eigenvalue weighted by Gasteiger charge is 2.11. The first-order valence-electron chi connectivity index (χ1n) is 4.72. The molecule has 0 saturated heterocycles. The largest absolute Gasteiger partial charge is 0.298 e. The molecule has 0 N–H and O–H groups in total. The summed E-state index contributed by atoms with van der Waals surface area (Å²) in [5, 5.41) is 1.09. The quantitative estimate of drug-likeness (QED) is 0.719. The van der Waals surface area contributed by atoms with Gasteiger partial charge >= 0.3 is 0 Å². The van der Waals surface area contributed by atoms with Crippen LogP contribution in [0.25, 0.3) is 11.1 Å². The maximum Gasteiger partial charge on any atom is 0.150 e. The molecule has 0 amide bonds. The Morgan fingerprint density at radius 2 is 1.50 bits per heavy atom. The molecule has 0 spiro atoms. The number of carbonyl (C=O) groups is 1. The van der Waals surface area contributed by atoms with Crippen LogP contribution in [-0.2, 0) is 0 Å². The molecule has 2 rings (SSSR count). The predicted molar refractivity (Wildman–Crippen MR) is 67.3 cm³/mol. The summed E-state index contributed by atoms with van der Waals surface area (Å²) in [6.07, 6.45) is 0.801. The highest BCUT2D eigenvalue weighted by atomic mass is 35.5. The van der Waals surface area contributed by atoms with E-state index < -0.39 is 0 Å². The van der Waals surface area contributed by atoms with Crippen molar-refractivity contribution < 1.29 is 4.79 Å². The van der Waals surface area contributed by atoms with Crippen molar-refractivity contribution in [1.29, 1.82) is 0 Å². The van der Waals surface area contributed by atoms with Crippen LogP contribution in [0.3, 0.4) is 0 Å². The van der Waals surface area contributed by atoms with Crippen molar-refractivity contribution in [3.8, 4) is 11.1 Å². The predicted octanol–water partition coefficient (Wildman–Crippen LogP) is 4.47. The maximum atomic E-state index is 10.9. The van der Waals surface area contributed by atoms with Crippen LogP contribution < -0.4 is 0 Å². The highest BCUT2D eigenvalue weighted by Crippen LogP contribution is 2.35. The molecule has 2 aromatic rings. The SMILES string of the molecule is O=Cc1ccccc1-c1c(Cl)cccc1Cl. The number of benzene rings is 2. The molecular formula is C13H8Cl2O. The van der Waals surface area contributed by atoms with Gasteiger partial charge in [-0.3, -0.25) is 4.79 Å². The summed E-state index contributed by atoms with van der Waals surface area (Å²) in [6, 6.07) is 12.5. The third-order valence-corrected chi connectivity index (χ3v) is 2.95. The lowest BCUT2D eigenvalue weighted by molar-refractivity contribution is 0.112. The van der Waals surface area contributed by atoms with Gasteiger partial charge in [0, 0.05) is 21.2 Å². The Hall–Kier alpha value is -1.31. The van der Waals surface area contributed by atoms with E-state index in [1.54, 1.807) is 30.3 Å². The second-order valence-corrected chi connectivity index (χ2v) is 4.12. The van der Waals surface area contributed by atoms with Gasteiger partial charge in [0.2, 0.25) is 0 Å². The van der Waals surface area contributed by atoms with E-state index in [1.165, 1.54) is 0 Å². The Morgan fingerprint density at radius 1 is 0.875 bits per heavy atom. The molecule has 16 heavy (non-hydrogen) atoms. The van der Waals surface area contributed by atoms with E-state index in [0.717, 1.165) is 11.8 Å². The van der Waals surface area contributed by atoms with Crippen LogP contribution >= 0.6 is 23.2 Å². The summed E-state index contributed by atoms with van der Waals surface area (Å²) in [4.78, 5) is 10.9. The molecule has 0 radical (unpaired) electrons. The van der Waals surface area contributed by atoms with Crippen molar-refractivity contribution in [1.82, 2.24) is 0 Å². The van der Waals surface area contributed by atoms with Crippen LogP contribution in [0.5, 0.6) is 0 Å². The van der Waals surface area contributed by atoms with Crippen LogP contribution in [0.1, 0.15) is 10.4 Å². The molecule has 0 heterocycles. The standard InChI is InChI=1S/C13H8Cl2O/c14-11-6-3-7-12(15)13(11)10-5-2-1-4-9(10)8-16/h1-8H. The zero-order valence-electron chi connectivity index (χ0n) is 8.28. The first-order valence-corrected chi connectivity index (χ1v) is 5.48. The van der Waals surface area contributed by atoms with Gasteiger partial charge < -0.3 is 0 Å². The second-order valence-electron chi connectivity index (χ2n) is 3.30. The summed E-state index contributed by atoms with van der Waals surface area (Å²) >= 11 is 12.2. The molecule has 1 nitrogen and oxygen atoms in total. The van der Waals surface area contributed by atoms with Gasteiger partial charge in [0.15, 0.2) is 6.29 Å².